The fourth-order valence-electron chi connectivity index (χ4n) is 0.836. The average Bonchev–Trinajstić information content (AvgIpc) is 2.50. The smallest absolute Gasteiger partial charge is 0.134 e. The quantitative estimate of drug-likeness (QED) is 0.631. The number of alkyl halides is 1. The van der Waals surface area contributed by atoms with Gasteiger partial charge in [-0.1, -0.05) is 0 Å². The molecule has 0 fully saturated rings. The lowest BCUT2D eigenvalue weighted by Crippen LogP contribution is -1.93. The number of aromatic amines is 1. The average molecular weight is 170 g/mol. The van der Waals surface area contributed by atoms with Crippen LogP contribution in [0.3, 0.4) is 0 Å². The van der Waals surface area contributed by atoms with Gasteiger partial charge in [-0.2, -0.15) is 5.10 Å². The Morgan fingerprint density at radius 3 is 3.18 bits per heavy atom. The number of aromatic nitrogens is 5. The first kappa shape index (κ1) is 6.48. The Morgan fingerprint density at radius 2 is 2.36 bits per heavy atom. The van der Waals surface area contributed by atoms with Crippen LogP contribution in [-0.2, 0) is 5.88 Å². The fraction of sp³-hybridized carbons (Fsp3) is 0.200. The van der Waals surface area contributed by atoms with Gasteiger partial charge in [0.25, 0.3) is 0 Å². The largest absolute Gasteiger partial charge is 0.274 e. The zero-order chi connectivity index (χ0) is 7.68. The number of nitrogens with zero attached hydrogens (tertiary/aromatic N) is 4. The van der Waals surface area contributed by atoms with Gasteiger partial charge in [0, 0.05) is 0 Å². The van der Waals surface area contributed by atoms with Crippen molar-refractivity contribution in [1.82, 2.24) is 25.6 Å². The summed E-state index contributed by atoms with van der Waals surface area (Å²) in [7, 11) is 0. The standard InChI is InChI=1S/C5H4ClN5/c6-1-3-5-4(2-7-10-5)9-11-8-3/h2H,1H2,(H,7,10). The highest BCUT2D eigenvalue weighted by molar-refractivity contribution is 6.17. The minimum Gasteiger partial charge on any atom is -0.274 e. The second-order valence-electron chi connectivity index (χ2n) is 2.00. The molecular weight excluding hydrogens is 166 g/mol. The van der Waals surface area contributed by atoms with Gasteiger partial charge in [-0.15, -0.1) is 21.8 Å². The topological polar surface area (TPSA) is 67.3 Å². The van der Waals surface area contributed by atoms with Gasteiger partial charge in [-0.25, -0.2) is 0 Å². The van der Waals surface area contributed by atoms with Gasteiger partial charge in [0.1, 0.15) is 16.7 Å². The van der Waals surface area contributed by atoms with Gasteiger partial charge in [-0.05, 0) is 5.21 Å². The predicted molar refractivity (Wildman–Crippen MR) is 39.0 cm³/mol. The van der Waals surface area contributed by atoms with Crippen molar-refractivity contribution in [1.29, 1.82) is 0 Å². The molecule has 0 aliphatic rings. The maximum Gasteiger partial charge on any atom is 0.134 e. The van der Waals surface area contributed by atoms with Crippen molar-refractivity contribution >= 4 is 22.6 Å². The van der Waals surface area contributed by atoms with Gasteiger partial charge in [0.15, 0.2) is 0 Å². The lowest BCUT2D eigenvalue weighted by atomic mass is 10.4. The molecule has 0 amide bonds. The third-order valence-electron chi connectivity index (χ3n) is 1.35. The van der Waals surface area contributed by atoms with E-state index in [1.54, 1.807) is 6.20 Å². The summed E-state index contributed by atoms with van der Waals surface area (Å²) in [5.74, 6) is 0.314. The maximum absolute atomic E-state index is 5.58. The van der Waals surface area contributed by atoms with Crippen molar-refractivity contribution in [2.45, 2.75) is 5.88 Å². The van der Waals surface area contributed by atoms with E-state index in [0.29, 0.717) is 17.1 Å². The number of rotatable bonds is 1. The summed E-state index contributed by atoms with van der Waals surface area (Å²) in [4.78, 5) is 0. The molecular formula is C5H4ClN5. The van der Waals surface area contributed by atoms with Gasteiger partial charge < -0.3 is 0 Å². The molecule has 0 bridgehead atoms. The Labute approximate surface area is 66.8 Å². The minimum absolute atomic E-state index is 0.314. The Bertz CT molecular complexity index is 370. The Hall–Kier alpha value is -1.23. The molecule has 0 aliphatic heterocycles. The zero-order valence-corrected chi connectivity index (χ0v) is 6.21. The van der Waals surface area contributed by atoms with E-state index in [9.17, 15) is 0 Å². The van der Waals surface area contributed by atoms with E-state index in [1.165, 1.54) is 0 Å². The van der Waals surface area contributed by atoms with E-state index in [-0.39, 0.29) is 0 Å². The summed E-state index contributed by atoms with van der Waals surface area (Å²) >= 11 is 5.58. The number of nitrogens with one attached hydrogen (secondary N) is 1. The van der Waals surface area contributed by atoms with E-state index in [0.717, 1.165) is 5.52 Å². The van der Waals surface area contributed by atoms with Crippen LogP contribution in [0.4, 0.5) is 0 Å². The van der Waals surface area contributed by atoms with Gasteiger partial charge in [0.05, 0.1) is 12.1 Å². The lowest BCUT2D eigenvalue weighted by Gasteiger charge is -1.90. The molecule has 5 nitrogen and oxygen atoms in total. The monoisotopic (exact) mass is 169 g/mol. The molecule has 0 spiro atoms. The molecule has 0 aliphatic carbocycles. The summed E-state index contributed by atoms with van der Waals surface area (Å²) < 4.78 is 0. The van der Waals surface area contributed by atoms with Crippen LogP contribution in [0.1, 0.15) is 5.69 Å². The summed E-state index contributed by atoms with van der Waals surface area (Å²) in [6, 6.07) is 0. The highest BCUT2D eigenvalue weighted by atomic mass is 35.5. The van der Waals surface area contributed by atoms with Crippen LogP contribution in [0.15, 0.2) is 6.20 Å². The van der Waals surface area contributed by atoms with Gasteiger partial charge in [-0.3, -0.25) is 5.10 Å². The summed E-state index contributed by atoms with van der Waals surface area (Å²) in [5.41, 5.74) is 2.12. The third kappa shape index (κ3) is 0.932. The van der Waals surface area contributed by atoms with Crippen LogP contribution < -0.4 is 0 Å². The second-order valence-corrected chi connectivity index (χ2v) is 2.27. The van der Waals surface area contributed by atoms with Gasteiger partial charge in [0.2, 0.25) is 0 Å². The lowest BCUT2D eigenvalue weighted by molar-refractivity contribution is 0.863. The van der Waals surface area contributed by atoms with Crippen LogP contribution in [-0.4, -0.2) is 25.6 Å². The van der Waals surface area contributed by atoms with Crippen LogP contribution >= 0.6 is 11.6 Å². The molecule has 0 saturated carbocycles. The van der Waals surface area contributed by atoms with E-state index >= 15 is 0 Å². The first-order chi connectivity index (χ1) is 5.42. The van der Waals surface area contributed by atoms with Crippen LogP contribution in [0, 0.1) is 0 Å². The number of hydrogen-bond acceptors (Lipinski definition) is 4. The summed E-state index contributed by atoms with van der Waals surface area (Å²) in [6.45, 7) is 0. The number of fused-ring (bicyclic) bond motifs is 1. The van der Waals surface area contributed by atoms with E-state index in [1.807, 2.05) is 0 Å². The maximum atomic E-state index is 5.58. The molecule has 0 saturated heterocycles. The predicted octanol–water partition coefficient (Wildman–Crippen LogP) is 0.487. The van der Waals surface area contributed by atoms with Crippen molar-refractivity contribution in [2.75, 3.05) is 0 Å². The van der Waals surface area contributed by atoms with Crippen molar-refractivity contribution in [2.24, 2.45) is 0 Å². The Balaban J connectivity index is 2.79. The van der Waals surface area contributed by atoms with Crippen LogP contribution in [0.5, 0.6) is 0 Å². The van der Waals surface area contributed by atoms with E-state index < -0.39 is 0 Å². The van der Waals surface area contributed by atoms with Crippen LogP contribution in [0.2, 0.25) is 0 Å². The van der Waals surface area contributed by atoms with Crippen molar-refractivity contribution in [3.8, 4) is 0 Å². The molecule has 6 heteroatoms. The first-order valence-electron chi connectivity index (χ1n) is 2.99. The molecule has 11 heavy (non-hydrogen) atoms. The molecule has 0 unspecified atom stereocenters. The number of halogens is 1. The second kappa shape index (κ2) is 2.43. The first-order valence-corrected chi connectivity index (χ1v) is 3.52. The molecule has 56 valence electrons. The van der Waals surface area contributed by atoms with Crippen molar-refractivity contribution in [3.05, 3.63) is 11.9 Å². The third-order valence-corrected chi connectivity index (χ3v) is 1.61. The highest BCUT2D eigenvalue weighted by Crippen LogP contribution is 2.10. The molecule has 0 radical (unpaired) electrons. The highest BCUT2D eigenvalue weighted by Gasteiger charge is 2.03. The molecule has 2 aromatic rings. The van der Waals surface area contributed by atoms with Crippen LogP contribution in [0.25, 0.3) is 11.0 Å². The molecule has 2 aromatic heterocycles. The summed E-state index contributed by atoms with van der Waals surface area (Å²) in [6.07, 6.45) is 1.58. The Morgan fingerprint density at radius 1 is 1.45 bits per heavy atom. The molecule has 0 atom stereocenters. The minimum atomic E-state index is 0.314. The molecule has 0 aromatic carbocycles. The molecule has 2 heterocycles. The van der Waals surface area contributed by atoms with Crippen molar-refractivity contribution < 1.29 is 0 Å². The number of H-pyrrole nitrogens is 1. The van der Waals surface area contributed by atoms with Gasteiger partial charge >= 0.3 is 0 Å². The molecule has 1 N–H and O–H groups in total. The van der Waals surface area contributed by atoms with Crippen molar-refractivity contribution in [3.63, 3.8) is 0 Å². The fourth-order valence-corrected chi connectivity index (χ4v) is 1.02. The van der Waals surface area contributed by atoms with E-state index in [2.05, 4.69) is 25.6 Å². The normalized spacial score (nSPS) is 10.6. The zero-order valence-electron chi connectivity index (χ0n) is 5.45. The van der Waals surface area contributed by atoms with E-state index in [4.69, 9.17) is 11.6 Å². The Kier molecular flexibility index (Phi) is 1.43. The number of hydrogen-bond donors (Lipinski definition) is 1. The molecule has 2 rings (SSSR count). The summed E-state index contributed by atoms with van der Waals surface area (Å²) in [5, 5.41) is 17.5. The SMILES string of the molecule is ClCc1nnnc2cn[nH]c12.